The van der Waals surface area contributed by atoms with Crippen LogP contribution >= 0.6 is 11.6 Å². The zero-order chi connectivity index (χ0) is 12.4. The van der Waals surface area contributed by atoms with Crippen molar-refractivity contribution < 1.29 is 35.5 Å². The van der Waals surface area contributed by atoms with Gasteiger partial charge in [0.15, 0.2) is 6.17 Å². The first-order valence-corrected chi connectivity index (χ1v) is 3.81. The first-order chi connectivity index (χ1) is 6.46. The molecule has 0 spiro atoms. The summed E-state index contributed by atoms with van der Waals surface area (Å²) >= 11 is 4.43. The molecule has 0 aromatic heterocycles. The number of alkyl halides is 7. The molecule has 1 nitrogen and oxygen atoms in total. The van der Waals surface area contributed by atoms with Crippen LogP contribution in [-0.4, -0.2) is 23.8 Å². The third-order valence-corrected chi connectivity index (χ3v) is 1.73. The van der Waals surface area contributed by atoms with Crippen LogP contribution < -0.4 is 0 Å². The molecule has 0 aliphatic carbocycles. The number of halogens is 8. The van der Waals surface area contributed by atoms with Gasteiger partial charge in [-0.2, -0.15) is 26.3 Å². The fourth-order valence-corrected chi connectivity index (χ4v) is 0.908. The second-order valence-electron chi connectivity index (χ2n) is 2.64. The molecule has 0 heterocycles. The van der Waals surface area contributed by atoms with Gasteiger partial charge in [0.2, 0.25) is 5.24 Å². The highest BCUT2D eigenvalue weighted by Gasteiger charge is 2.50. The Kier molecular flexibility index (Phi) is 4.38. The van der Waals surface area contributed by atoms with Crippen molar-refractivity contribution in [2.75, 3.05) is 0 Å². The zero-order valence-electron chi connectivity index (χ0n) is 6.79. The average Bonchev–Trinajstić information content (AvgIpc) is 1.94. The molecule has 90 valence electrons. The van der Waals surface area contributed by atoms with E-state index in [1.165, 1.54) is 0 Å². The van der Waals surface area contributed by atoms with Crippen LogP contribution in [0.25, 0.3) is 0 Å². The minimum absolute atomic E-state index is 2.05. The first-order valence-electron chi connectivity index (χ1n) is 3.43. The third kappa shape index (κ3) is 4.67. The Hall–Kier alpha value is -0.530. The van der Waals surface area contributed by atoms with Crippen LogP contribution in [0.1, 0.15) is 6.42 Å². The number of rotatable bonds is 3. The van der Waals surface area contributed by atoms with Crippen LogP contribution in [0.2, 0.25) is 0 Å². The van der Waals surface area contributed by atoms with E-state index in [-0.39, 0.29) is 0 Å². The van der Waals surface area contributed by atoms with E-state index in [1.807, 2.05) is 0 Å². The van der Waals surface area contributed by atoms with Crippen LogP contribution in [0.15, 0.2) is 0 Å². The lowest BCUT2D eigenvalue weighted by atomic mass is 10.0. The van der Waals surface area contributed by atoms with Gasteiger partial charge in [0.1, 0.15) is 5.92 Å². The Balaban J connectivity index is 4.65. The molecule has 0 aliphatic heterocycles. The minimum Gasteiger partial charge on any atom is -0.281 e. The summed E-state index contributed by atoms with van der Waals surface area (Å²) in [5.74, 6) is -3.14. The predicted molar refractivity (Wildman–Crippen MR) is 36.0 cm³/mol. The summed E-state index contributed by atoms with van der Waals surface area (Å²) in [6.07, 6.45) is -16.5. The van der Waals surface area contributed by atoms with Crippen molar-refractivity contribution in [1.82, 2.24) is 0 Å². The van der Waals surface area contributed by atoms with Gasteiger partial charge in [-0.05, 0) is 11.6 Å². The molecule has 0 fully saturated rings. The van der Waals surface area contributed by atoms with Crippen molar-refractivity contribution in [3.63, 3.8) is 0 Å². The van der Waals surface area contributed by atoms with Gasteiger partial charge in [0.25, 0.3) is 0 Å². The molecule has 0 aromatic rings. The smallest absolute Gasteiger partial charge is 0.281 e. The number of hydrogen-bond donors (Lipinski definition) is 0. The lowest BCUT2D eigenvalue weighted by Crippen LogP contribution is -2.35. The van der Waals surface area contributed by atoms with E-state index in [1.54, 1.807) is 0 Å². The van der Waals surface area contributed by atoms with Crippen molar-refractivity contribution in [3.05, 3.63) is 0 Å². The second kappa shape index (κ2) is 4.54. The monoisotopic (exact) mass is 260 g/mol. The highest BCUT2D eigenvalue weighted by atomic mass is 35.5. The Morgan fingerprint density at radius 1 is 1.07 bits per heavy atom. The van der Waals surface area contributed by atoms with E-state index >= 15 is 0 Å². The summed E-state index contributed by atoms with van der Waals surface area (Å²) < 4.78 is 82.5. The molecule has 0 saturated carbocycles. The van der Waals surface area contributed by atoms with Gasteiger partial charge in [-0.3, -0.25) is 4.79 Å². The lowest BCUT2D eigenvalue weighted by molar-refractivity contribution is -0.210. The fourth-order valence-electron chi connectivity index (χ4n) is 0.696. The average molecular weight is 261 g/mol. The molecule has 0 aliphatic rings. The third-order valence-electron chi connectivity index (χ3n) is 1.47. The summed E-state index contributed by atoms with van der Waals surface area (Å²) in [5.41, 5.74) is 0. The minimum atomic E-state index is -5.43. The quantitative estimate of drug-likeness (QED) is 0.562. The van der Waals surface area contributed by atoms with Gasteiger partial charge in [-0.15, -0.1) is 0 Å². The van der Waals surface area contributed by atoms with E-state index in [4.69, 9.17) is 0 Å². The molecule has 0 N–H and O–H groups in total. The SMILES string of the molecule is O=C(Cl)C(CC(F)C(F)(F)F)C(F)(F)F. The Labute approximate surface area is 84.2 Å². The Morgan fingerprint density at radius 3 is 1.67 bits per heavy atom. The van der Waals surface area contributed by atoms with Crippen molar-refractivity contribution in [1.29, 1.82) is 0 Å². The van der Waals surface area contributed by atoms with Gasteiger partial charge in [0, 0.05) is 6.42 Å². The maximum Gasteiger partial charge on any atom is 0.419 e. The molecule has 0 saturated heterocycles. The topological polar surface area (TPSA) is 17.1 Å². The molecule has 0 aromatic carbocycles. The van der Waals surface area contributed by atoms with Crippen LogP contribution in [0.3, 0.4) is 0 Å². The number of carbonyl (C=O) groups is 1. The summed E-state index contributed by atoms with van der Waals surface area (Å²) in [6, 6.07) is 0. The van der Waals surface area contributed by atoms with E-state index in [2.05, 4.69) is 11.6 Å². The highest BCUT2D eigenvalue weighted by Crippen LogP contribution is 2.36. The summed E-state index contributed by atoms with van der Waals surface area (Å²) in [5, 5.41) is -2.06. The van der Waals surface area contributed by atoms with Crippen LogP contribution in [-0.2, 0) is 4.79 Å². The second-order valence-corrected chi connectivity index (χ2v) is 3.02. The van der Waals surface area contributed by atoms with E-state index in [0.717, 1.165) is 0 Å². The van der Waals surface area contributed by atoms with Gasteiger partial charge < -0.3 is 0 Å². The summed E-state index contributed by atoms with van der Waals surface area (Å²) in [4.78, 5) is 10.2. The zero-order valence-corrected chi connectivity index (χ0v) is 7.55. The van der Waals surface area contributed by atoms with E-state index < -0.39 is 36.1 Å². The molecule has 9 heteroatoms. The molecule has 0 radical (unpaired) electrons. The molecular formula is C6H4ClF7O. The fraction of sp³-hybridized carbons (Fsp3) is 0.833. The van der Waals surface area contributed by atoms with Crippen LogP contribution in [0.4, 0.5) is 30.7 Å². The summed E-state index contributed by atoms with van der Waals surface area (Å²) in [7, 11) is 0. The maximum atomic E-state index is 12.2. The molecule has 2 atom stereocenters. The van der Waals surface area contributed by atoms with Crippen molar-refractivity contribution >= 4 is 16.8 Å². The van der Waals surface area contributed by atoms with Crippen molar-refractivity contribution in [2.45, 2.75) is 24.9 Å². The van der Waals surface area contributed by atoms with Crippen LogP contribution in [0, 0.1) is 5.92 Å². The Morgan fingerprint density at radius 2 is 1.47 bits per heavy atom. The predicted octanol–water partition coefficient (Wildman–Crippen LogP) is 3.22. The van der Waals surface area contributed by atoms with Crippen molar-refractivity contribution in [2.24, 2.45) is 5.92 Å². The first kappa shape index (κ1) is 14.5. The molecule has 15 heavy (non-hydrogen) atoms. The highest BCUT2D eigenvalue weighted by molar-refractivity contribution is 6.64. The standard InChI is InChI=1S/C6H4ClF7O/c7-4(15)2(5(9,10)11)1-3(8)6(12,13)14/h2-3H,1H2. The largest absolute Gasteiger partial charge is 0.419 e. The molecule has 0 amide bonds. The number of carbonyl (C=O) groups excluding carboxylic acids is 1. The summed E-state index contributed by atoms with van der Waals surface area (Å²) in [6.45, 7) is 0. The Bertz CT molecular complexity index is 233. The van der Waals surface area contributed by atoms with Crippen LogP contribution in [0.5, 0.6) is 0 Å². The maximum absolute atomic E-state index is 12.2. The molecule has 2 unspecified atom stereocenters. The van der Waals surface area contributed by atoms with E-state index in [0.29, 0.717) is 0 Å². The molecule has 0 bridgehead atoms. The van der Waals surface area contributed by atoms with E-state index in [9.17, 15) is 35.5 Å². The van der Waals surface area contributed by atoms with Gasteiger partial charge in [-0.1, -0.05) is 0 Å². The normalized spacial score (nSPS) is 17.3. The van der Waals surface area contributed by atoms with Gasteiger partial charge >= 0.3 is 12.4 Å². The van der Waals surface area contributed by atoms with Crippen molar-refractivity contribution in [3.8, 4) is 0 Å². The number of hydrogen-bond acceptors (Lipinski definition) is 1. The van der Waals surface area contributed by atoms with Gasteiger partial charge in [0.05, 0.1) is 0 Å². The molecular weight excluding hydrogens is 257 g/mol. The molecule has 0 rings (SSSR count). The lowest BCUT2D eigenvalue weighted by Gasteiger charge is -2.19. The van der Waals surface area contributed by atoms with Gasteiger partial charge in [-0.25, -0.2) is 4.39 Å².